The van der Waals surface area contributed by atoms with E-state index >= 15 is 0 Å². The highest BCUT2D eigenvalue weighted by Crippen LogP contribution is 2.43. The van der Waals surface area contributed by atoms with Crippen molar-refractivity contribution in [3.05, 3.63) is 0 Å². The first-order valence-corrected chi connectivity index (χ1v) is 16.8. The molecule has 0 amide bonds. The molecular weight excluding hydrogens is 681 g/mol. The van der Waals surface area contributed by atoms with Crippen molar-refractivity contribution in [2.24, 2.45) is 0 Å². The van der Waals surface area contributed by atoms with Crippen LogP contribution < -0.4 is 0 Å². The predicted molar refractivity (Wildman–Crippen MR) is 164 cm³/mol. The lowest BCUT2D eigenvalue weighted by Crippen LogP contribution is -2.62. The minimum absolute atomic E-state index is 0.0385. The van der Waals surface area contributed by atoms with Gasteiger partial charge in [0.2, 0.25) is 0 Å². The van der Waals surface area contributed by atoms with Crippen LogP contribution >= 0.6 is 7.82 Å². The van der Waals surface area contributed by atoms with E-state index in [0.717, 1.165) is 13.8 Å². The average molecular weight is 728 g/mol. The first kappa shape index (κ1) is 43.5. The second-order valence-electron chi connectivity index (χ2n) is 11.6. The van der Waals surface area contributed by atoms with E-state index in [1.807, 2.05) is 0 Å². The van der Waals surface area contributed by atoms with E-state index in [4.69, 9.17) is 18.5 Å². The Morgan fingerprint density at radius 2 is 1.29 bits per heavy atom. The van der Waals surface area contributed by atoms with Gasteiger partial charge in [0, 0.05) is 58.4 Å². The van der Waals surface area contributed by atoms with Crippen molar-refractivity contribution >= 4 is 49.4 Å². The van der Waals surface area contributed by atoms with Crippen molar-refractivity contribution in [1.82, 2.24) is 14.7 Å². The Labute approximate surface area is 282 Å². The molecule has 280 valence electrons. The maximum Gasteiger partial charge on any atom is 0.472 e. The van der Waals surface area contributed by atoms with E-state index in [1.165, 1.54) is 14.7 Å². The topological polar surface area (TPSA) is 284 Å². The summed E-state index contributed by atoms with van der Waals surface area (Å²) < 4.78 is 31.4. The molecule has 0 radical (unpaired) electrons. The highest BCUT2D eigenvalue weighted by atomic mass is 31.2. The molecule has 5 N–H and O–H groups in total. The average Bonchev–Trinajstić information content (AvgIpc) is 3.12. The Morgan fingerprint density at radius 1 is 0.755 bits per heavy atom. The van der Waals surface area contributed by atoms with E-state index in [1.54, 1.807) is 0 Å². The van der Waals surface area contributed by atoms with Gasteiger partial charge in [-0.05, 0) is 19.3 Å². The van der Waals surface area contributed by atoms with E-state index in [-0.39, 0.29) is 77.1 Å². The number of carbonyl (C=O) groups is 7. The van der Waals surface area contributed by atoms with Gasteiger partial charge in [-0.15, -0.1) is 0 Å². The van der Waals surface area contributed by atoms with Gasteiger partial charge in [-0.1, -0.05) is 6.42 Å². The van der Waals surface area contributed by atoms with Crippen LogP contribution in [0.4, 0.5) is 0 Å². The number of carboxylic acid groups (broad SMARTS) is 4. The zero-order chi connectivity index (χ0) is 37.2. The Kier molecular flexibility index (Phi) is 19.1. The lowest BCUT2D eigenvalue weighted by atomic mass is 9.88. The largest absolute Gasteiger partial charge is 0.480 e. The summed E-state index contributed by atoms with van der Waals surface area (Å²) in [5.41, 5.74) is -1.29. The van der Waals surface area contributed by atoms with E-state index in [0.29, 0.717) is 0 Å². The fourth-order valence-corrected chi connectivity index (χ4v) is 6.13. The smallest absolute Gasteiger partial charge is 0.472 e. The van der Waals surface area contributed by atoms with Gasteiger partial charge in [-0.25, -0.2) is 4.57 Å². The fraction of sp³-hybridized carbons (Fsp3) is 0.750. The number of nitrogens with zero attached hydrogens (tertiary/aromatic N) is 3. The Balaban J connectivity index is 2.83. The number of carboxylic acids is 4. The molecule has 21 heteroatoms. The molecular formula is C28H46N3O17P. The molecule has 1 heterocycles. The van der Waals surface area contributed by atoms with E-state index in [2.05, 4.69) is 0 Å². The van der Waals surface area contributed by atoms with Crippen molar-refractivity contribution in [2.75, 3.05) is 72.2 Å². The number of esters is 2. The van der Waals surface area contributed by atoms with Gasteiger partial charge in [-0.3, -0.25) is 57.3 Å². The Bertz CT molecular complexity index is 1170. The van der Waals surface area contributed by atoms with Crippen molar-refractivity contribution in [1.29, 1.82) is 0 Å². The molecule has 1 saturated heterocycles. The fourth-order valence-electron chi connectivity index (χ4n) is 5.34. The Hall–Kier alpha value is -3.52. The van der Waals surface area contributed by atoms with Crippen LogP contribution in [-0.2, 0) is 56.6 Å². The monoisotopic (exact) mass is 727 g/mol. The summed E-state index contributed by atoms with van der Waals surface area (Å²) in [6.07, 6.45) is -0.463. The molecule has 1 aliphatic heterocycles. The number of rotatable bonds is 25. The minimum Gasteiger partial charge on any atom is -0.480 e. The highest BCUT2D eigenvalue weighted by molar-refractivity contribution is 7.47. The molecule has 2 atom stereocenters. The molecule has 0 aromatic carbocycles. The van der Waals surface area contributed by atoms with Crippen molar-refractivity contribution in [3.8, 4) is 0 Å². The number of Topliss-reactive ketones (excluding diaryl/α,β-unsaturated/α-hetero) is 1. The standard InChI is InChI=1S/C28H46N3O17P/c1-20(32)45-16-23(48-21(2)33)17-47-49(43,44)46-11-5-7-22(34)6-3-4-8-28(31(14-26(39)40)15-27(41)42)18-29(12-24(35)36)9-10-30(19-28)13-25(37)38/h23H,3-19H2,1-2H3,(H,35,36)(H,37,38)(H,39,40)(H,41,42)(H,43,44). The molecule has 0 saturated carbocycles. The van der Waals surface area contributed by atoms with Gasteiger partial charge >= 0.3 is 43.6 Å². The lowest BCUT2D eigenvalue weighted by molar-refractivity contribution is -0.158. The van der Waals surface area contributed by atoms with Crippen LogP contribution in [0, 0.1) is 0 Å². The highest BCUT2D eigenvalue weighted by Gasteiger charge is 2.43. The second-order valence-corrected chi connectivity index (χ2v) is 13.0. The summed E-state index contributed by atoms with van der Waals surface area (Å²) in [7, 11) is -4.62. The lowest BCUT2D eigenvalue weighted by Gasteiger charge is -2.45. The third kappa shape index (κ3) is 19.3. The van der Waals surface area contributed by atoms with Crippen LogP contribution in [0.15, 0.2) is 0 Å². The van der Waals surface area contributed by atoms with Crippen LogP contribution in [0.3, 0.4) is 0 Å². The van der Waals surface area contributed by atoms with E-state index < -0.39 is 94.7 Å². The zero-order valence-corrected chi connectivity index (χ0v) is 28.4. The van der Waals surface area contributed by atoms with Crippen LogP contribution in [0.5, 0.6) is 0 Å². The number of phosphoric ester groups is 1. The van der Waals surface area contributed by atoms with Gasteiger partial charge in [0.15, 0.2) is 6.10 Å². The quantitative estimate of drug-likeness (QED) is 0.0451. The SMILES string of the molecule is CC(=O)OCC(COP(=O)(O)OCCCC(=O)CCCCC1(N(CC(=O)O)CC(=O)O)CN(CC(=O)O)CCN(CC(=O)O)C1)OC(C)=O. The number of carbonyl (C=O) groups excluding carboxylic acids is 3. The minimum atomic E-state index is -4.62. The molecule has 0 bridgehead atoms. The van der Waals surface area contributed by atoms with Crippen LogP contribution in [0.25, 0.3) is 0 Å². The van der Waals surface area contributed by atoms with Gasteiger partial charge < -0.3 is 34.8 Å². The van der Waals surface area contributed by atoms with Crippen LogP contribution in [-0.4, -0.2) is 165 Å². The van der Waals surface area contributed by atoms with Gasteiger partial charge in [0.05, 0.1) is 39.4 Å². The first-order valence-electron chi connectivity index (χ1n) is 15.3. The summed E-state index contributed by atoms with van der Waals surface area (Å²) in [4.78, 5) is 95.5. The van der Waals surface area contributed by atoms with Crippen molar-refractivity contribution in [3.63, 3.8) is 0 Å². The molecule has 0 aliphatic carbocycles. The van der Waals surface area contributed by atoms with Gasteiger partial charge in [0.25, 0.3) is 0 Å². The summed E-state index contributed by atoms with van der Waals surface area (Å²) in [5.74, 6) is -6.66. The molecule has 20 nitrogen and oxygen atoms in total. The number of ether oxygens (including phenoxy) is 2. The Morgan fingerprint density at radius 3 is 1.76 bits per heavy atom. The molecule has 0 spiro atoms. The normalized spacial score (nSPS) is 17.0. The van der Waals surface area contributed by atoms with Crippen LogP contribution in [0.2, 0.25) is 0 Å². The summed E-state index contributed by atoms with van der Waals surface area (Å²) in [6, 6.07) is 0. The first-order chi connectivity index (χ1) is 22.8. The number of aliphatic carboxylic acids is 4. The molecule has 1 aliphatic rings. The summed E-state index contributed by atoms with van der Waals surface area (Å²) in [5, 5.41) is 38.0. The van der Waals surface area contributed by atoms with Gasteiger partial charge in [0.1, 0.15) is 12.4 Å². The van der Waals surface area contributed by atoms with Crippen molar-refractivity contribution < 1.29 is 82.0 Å². The second kappa shape index (κ2) is 21.5. The maximum absolute atomic E-state index is 12.5. The summed E-state index contributed by atoms with van der Waals surface area (Å²) >= 11 is 0. The van der Waals surface area contributed by atoms with Crippen LogP contribution in [0.1, 0.15) is 52.4 Å². The molecule has 1 fully saturated rings. The number of hydrogen-bond acceptors (Lipinski definition) is 15. The number of phosphoric acid groups is 1. The predicted octanol–water partition coefficient (Wildman–Crippen LogP) is -0.479. The molecule has 0 aromatic rings. The molecule has 1 rings (SSSR count). The van der Waals surface area contributed by atoms with E-state index in [9.17, 15) is 63.4 Å². The molecule has 0 aromatic heterocycles. The molecule has 2 unspecified atom stereocenters. The number of ketones is 1. The third-order valence-electron chi connectivity index (χ3n) is 7.24. The maximum atomic E-state index is 12.5. The summed E-state index contributed by atoms with van der Waals surface area (Å²) in [6.45, 7) is -1.29. The van der Waals surface area contributed by atoms with Gasteiger partial charge in [-0.2, -0.15) is 0 Å². The number of unbranched alkanes of at least 4 members (excludes halogenated alkanes) is 1. The van der Waals surface area contributed by atoms with Crippen molar-refractivity contribution in [2.45, 2.75) is 64.0 Å². The zero-order valence-electron chi connectivity index (χ0n) is 27.5. The third-order valence-corrected chi connectivity index (χ3v) is 8.22. The number of hydrogen-bond donors (Lipinski definition) is 5. The molecule has 49 heavy (non-hydrogen) atoms.